The third kappa shape index (κ3) is 3.39. The number of anilines is 1. The highest BCUT2D eigenvalue weighted by Crippen LogP contribution is 2.46. The van der Waals surface area contributed by atoms with Gasteiger partial charge in [0.05, 0.1) is 6.54 Å². The van der Waals surface area contributed by atoms with Gasteiger partial charge in [-0.15, -0.1) is 0 Å². The van der Waals surface area contributed by atoms with Gasteiger partial charge in [0.25, 0.3) is 0 Å². The number of halogens is 1. The Labute approximate surface area is 198 Å². The lowest BCUT2D eigenvalue weighted by molar-refractivity contribution is -0.119. The second-order valence-electron chi connectivity index (χ2n) is 8.62. The van der Waals surface area contributed by atoms with Crippen LogP contribution in [0, 0.1) is 0 Å². The Morgan fingerprint density at radius 1 is 0.727 bits per heavy atom. The van der Waals surface area contributed by atoms with Crippen molar-refractivity contribution in [2.75, 3.05) is 4.90 Å². The van der Waals surface area contributed by atoms with Crippen LogP contribution in [0.15, 0.2) is 103 Å². The Balaban J connectivity index is 1.58. The molecule has 3 heteroatoms. The summed E-state index contributed by atoms with van der Waals surface area (Å²) in [5, 5.41) is 5.47. The van der Waals surface area contributed by atoms with Crippen LogP contribution in [0.3, 0.4) is 0 Å². The zero-order chi connectivity index (χ0) is 22.4. The van der Waals surface area contributed by atoms with Crippen LogP contribution in [0.2, 0.25) is 5.02 Å². The Bertz CT molecular complexity index is 1520. The maximum absolute atomic E-state index is 13.6. The van der Waals surface area contributed by atoms with E-state index in [-0.39, 0.29) is 11.8 Å². The van der Waals surface area contributed by atoms with E-state index in [0.29, 0.717) is 18.0 Å². The monoisotopic (exact) mass is 447 g/mol. The molecular formula is C30H22ClNO. The molecule has 5 aromatic carbocycles. The number of nitrogens with zero attached hydrogens (tertiary/aromatic N) is 1. The number of carbonyl (C=O) groups excluding carboxylic acids is 1. The number of benzene rings is 5. The van der Waals surface area contributed by atoms with Crippen LogP contribution >= 0.6 is 11.6 Å². The predicted molar refractivity (Wildman–Crippen MR) is 137 cm³/mol. The fourth-order valence-electron chi connectivity index (χ4n) is 5.20. The first kappa shape index (κ1) is 20.0. The molecule has 33 heavy (non-hydrogen) atoms. The minimum atomic E-state index is -0.00723. The van der Waals surface area contributed by atoms with Crippen LogP contribution < -0.4 is 4.90 Å². The summed E-state index contributed by atoms with van der Waals surface area (Å²) in [6.45, 7) is 0.464. The van der Waals surface area contributed by atoms with Gasteiger partial charge in [0.2, 0.25) is 5.91 Å². The summed E-state index contributed by atoms with van der Waals surface area (Å²) in [6.07, 6.45) is 0.430. The van der Waals surface area contributed by atoms with Crippen LogP contribution in [0.1, 0.15) is 29.0 Å². The molecule has 0 radical (unpaired) electrons. The summed E-state index contributed by atoms with van der Waals surface area (Å²) >= 11 is 6.47. The van der Waals surface area contributed by atoms with E-state index in [1.165, 1.54) is 32.7 Å². The Morgan fingerprint density at radius 3 is 2.21 bits per heavy atom. The summed E-state index contributed by atoms with van der Waals surface area (Å²) in [5.74, 6) is 0.114. The first-order chi connectivity index (χ1) is 16.2. The van der Waals surface area contributed by atoms with Crippen molar-refractivity contribution in [1.29, 1.82) is 0 Å². The fraction of sp³-hybridized carbons (Fsp3) is 0.100. The maximum atomic E-state index is 13.6. The molecule has 1 unspecified atom stereocenters. The molecule has 0 bridgehead atoms. The average Bonchev–Trinajstić information content (AvgIpc) is 2.86. The van der Waals surface area contributed by atoms with E-state index in [4.69, 9.17) is 11.6 Å². The van der Waals surface area contributed by atoms with Crippen LogP contribution in [0.5, 0.6) is 0 Å². The molecule has 0 saturated heterocycles. The summed E-state index contributed by atoms with van der Waals surface area (Å²) in [6, 6.07) is 35.3. The molecule has 2 nitrogen and oxygen atoms in total. The van der Waals surface area contributed by atoms with E-state index < -0.39 is 0 Å². The highest BCUT2D eigenvalue weighted by atomic mass is 35.5. The van der Waals surface area contributed by atoms with Crippen LogP contribution in [-0.2, 0) is 11.3 Å². The highest BCUT2D eigenvalue weighted by Gasteiger charge is 2.34. The van der Waals surface area contributed by atoms with Gasteiger partial charge in [-0.05, 0) is 50.4 Å². The lowest BCUT2D eigenvalue weighted by Gasteiger charge is -2.36. The standard InChI is InChI=1S/C30H22ClNO/c31-27-15-6-3-10-22(27)19-32-28-17-16-21-9-2-5-13-24(21)30(28)26(18-29(32)33)25-14-7-11-20-8-1-4-12-23(20)25/h1-17,26H,18-19H2. The maximum Gasteiger partial charge on any atom is 0.228 e. The van der Waals surface area contributed by atoms with Gasteiger partial charge >= 0.3 is 0 Å². The molecule has 6 rings (SSSR count). The van der Waals surface area contributed by atoms with Gasteiger partial charge in [-0.3, -0.25) is 4.79 Å². The molecule has 1 aliphatic heterocycles. The first-order valence-corrected chi connectivity index (χ1v) is 11.6. The Morgan fingerprint density at radius 2 is 1.39 bits per heavy atom. The largest absolute Gasteiger partial charge is 0.308 e. The summed E-state index contributed by atoms with van der Waals surface area (Å²) in [4.78, 5) is 15.5. The summed E-state index contributed by atoms with van der Waals surface area (Å²) in [5.41, 5.74) is 4.35. The normalized spacial score (nSPS) is 15.7. The zero-order valence-corrected chi connectivity index (χ0v) is 18.8. The third-order valence-electron chi connectivity index (χ3n) is 6.75. The van der Waals surface area contributed by atoms with Gasteiger partial charge in [-0.1, -0.05) is 103 Å². The highest BCUT2D eigenvalue weighted by molar-refractivity contribution is 6.31. The van der Waals surface area contributed by atoms with Gasteiger partial charge < -0.3 is 4.90 Å². The molecule has 5 aromatic rings. The quantitative estimate of drug-likeness (QED) is 0.277. The number of rotatable bonds is 3. The van der Waals surface area contributed by atoms with Crippen molar-refractivity contribution < 1.29 is 4.79 Å². The van der Waals surface area contributed by atoms with Gasteiger partial charge in [0.1, 0.15) is 0 Å². The van der Waals surface area contributed by atoms with Gasteiger partial charge in [-0.2, -0.15) is 0 Å². The SMILES string of the molecule is O=C1CC(c2cccc3ccccc23)c2c(ccc3ccccc23)N1Cc1ccccc1Cl. The average molecular weight is 448 g/mol. The van der Waals surface area contributed by atoms with E-state index in [1.54, 1.807) is 0 Å². The molecule has 0 N–H and O–H groups in total. The van der Waals surface area contributed by atoms with Crippen LogP contribution in [-0.4, -0.2) is 5.91 Å². The third-order valence-corrected chi connectivity index (χ3v) is 7.12. The molecule has 1 heterocycles. The van der Waals surface area contributed by atoms with Crippen molar-refractivity contribution in [1.82, 2.24) is 0 Å². The minimum Gasteiger partial charge on any atom is -0.308 e. The van der Waals surface area contributed by atoms with E-state index in [0.717, 1.165) is 11.3 Å². The molecular weight excluding hydrogens is 426 g/mol. The lowest BCUT2D eigenvalue weighted by Crippen LogP contribution is -2.36. The number of amides is 1. The molecule has 0 aromatic heterocycles. The fourth-order valence-corrected chi connectivity index (χ4v) is 5.39. The molecule has 0 aliphatic carbocycles. The van der Waals surface area contributed by atoms with Crippen molar-refractivity contribution in [3.05, 3.63) is 125 Å². The summed E-state index contributed by atoms with van der Waals surface area (Å²) < 4.78 is 0. The van der Waals surface area contributed by atoms with Crippen LogP contribution in [0.4, 0.5) is 5.69 Å². The Kier molecular flexibility index (Phi) is 4.89. The van der Waals surface area contributed by atoms with E-state index in [2.05, 4.69) is 78.9 Å². The van der Waals surface area contributed by atoms with Crippen molar-refractivity contribution in [2.45, 2.75) is 18.9 Å². The van der Waals surface area contributed by atoms with Gasteiger partial charge in [0, 0.05) is 23.0 Å². The molecule has 1 atom stereocenters. The lowest BCUT2D eigenvalue weighted by atomic mass is 9.79. The van der Waals surface area contributed by atoms with Crippen molar-refractivity contribution in [3.8, 4) is 0 Å². The van der Waals surface area contributed by atoms with E-state index in [1.807, 2.05) is 29.2 Å². The molecule has 1 aliphatic rings. The van der Waals surface area contributed by atoms with E-state index in [9.17, 15) is 4.79 Å². The molecule has 0 saturated carbocycles. The van der Waals surface area contributed by atoms with Gasteiger partial charge in [0.15, 0.2) is 0 Å². The molecule has 0 spiro atoms. The number of carbonyl (C=O) groups is 1. The molecule has 160 valence electrons. The summed E-state index contributed by atoms with van der Waals surface area (Å²) in [7, 11) is 0. The van der Waals surface area contributed by atoms with E-state index >= 15 is 0 Å². The Hall–Kier alpha value is -3.62. The first-order valence-electron chi connectivity index (χ1n) is 11.2. The van der Waals surface area contributed by atoms with Crippen molar-refractivity contribution in [3.63, 3.8) is 0 Å². The number of hydrogen-bond acceptors (Lipinski definition) is 1. The second-order valence-corrected chi connectivity index (χ2v) is 9.02. The van der Waals surface area contributed by atoms with Crippen molar-refractivity contribution in [2.24, 2.45) is 0 Å². The van der Waals surface area contributed by atoms with Crippen molar-refractivity contribution >= 4 is 44.7 Å². The van der Waals surface area contributed by atoms with Gasteiger partial charge in [-0.25, -0.2) is 0 Å². The minimum absolute atomic E-state index is 0.00723. The number of hydrogen-bond donors (Lipinski definition) is 0. The second kappa shape index (κ2) is 8.06. The predicted octanol–water partition coefficient (Wildman–Crippen LogP) is 7.72. The molecule has 1 amide bonds. The number of fused-ring (bicyclic) bond motifs is 4. The smallest absolute Gasteiger partial charge is 0.228 e. The zero-order valence-electron chi connectivity index (χ0n) is 18.0. The van der Waals surface area contributed by atoms with Crippen LogP contribution in [0.25, 0.3) is 21.5 Å². The topological polar surface area (TPSA) is 20.3 Å². The molecule has 0 fully saturated rings.